The van der Waals surface area contributed by atoms with Crippen molar-refractivity contribution >= 4 is 22.8 Å². The van der Waals surface area contributed by atoms with E-state index in [4.69, 9.17) is 11.6 Å². The van der Waals surface area contributed by atoms with E-state index in [0.29, 0.717) is 25.5 Å². The predicted molar refractivity (Wildman–Crippen MR) is 121 cm³/mol. The molecule has 4 aromatic rings. The summed E-state index contributed by atoms with van der Waals surface area (Å²) < 4.78 is 54.5. The van der Waals surface area contributed by atoms with Crippen molar-refractivity contribution in [2.75, 3.05) is 0 Å². The molecule has 0 aliphatic rings. The first-order valence-corrected chi connectivity index (χ1v) is 11.5. The molecule has 10 nitrogen and oxygen atoms in total. The Morgan fingerprint density at radius 3 is 2.53 bits per heavy atom. The maximum Gasteiger partial charge on any atom is 0.419 e. The van der Waals surface area contributed by atoms with Crippen LogP contribution in [0.4, 0.5) is 17.6 Å². The second-order valence-corrected chi connectivity index (χ2v) is 8.47. The van der Waals surface area contributed by atoms with Crippen LogP contribution in [0.1, 0.15) is 43.1 Å². The highest BCUT2D eigenvalue weighted by molar-refractivity contribution is 6.28. The highest BCUT2D eigenvalue weighted by Gasteiger charge is 2.33. The summed E-state index contributed by atoms with van der Waals surface area (Å²) in [5.74, 6) is -1.19. The van der Waals surface area contributed by atoms with E-state index in [0.717, 1.165) is 23.1 Å². The zero-order valence-corrected chi connectivity index (χ0v) is 19.8. The second-order valence-electron chi connectivity index (χ2n) is 8.11. The number of rotatable bonds is 9. The molecule has 3 heterocycles. The molecule has 192 valence electrons. The van der Waals surface area contributed by atoms with Crippen LogP contribution in [0.15, 0.2) is 27.8 Å². The van der Waals surface area contributed by atoms with Crippen molar-refractivity contribution < 1.29 is 17.6 Å². The first-order valence-electron chi connectivity index (χ1n) is 11.1. The lowest BCUT2D eigenvalue weighted by Crippen LogP contribution is -2.40. The number of fused-ring (bicyclic) bond motifs is 1. The quantitative estimate of drug-likeness (QED) is 0.263. The van der Waals surface area contributed by atoms with Gasteiger partial charge in [-0.3, -0.25) is 13.9 Å². The Morgan fingerprint density at radius 1 is 1.08 bits per heavy atom. The number of nitrogens with zero attached hydrogens (tertiary/aromatic N) is 7. The minimum absolute atomic E-state index is 0.0109. The Labute approximate surface area is 205 Å². The Kier molecular flexibility index (Phi) is 7.24. The summed E-state index contributed by atoms with van der Waals surface area (Å²) in [5.41, 5.74) is -1.78. The van der Waals surface area contributed by atoms with Crippen molar-refractivity contribution in [3.05, 3.63) is 67.1 Å². The van der Waals surface area contributed by atoms with E-state index in [9.17, 15) is 27.2 Å². The van der Waals surface area contributed by atoms with E-state index in [1.807, 2.05) is 6.92 Å². The molecule has 0 saturated carbocycles. The van der Waals surface area contributed by atoms with Gasteiger partial charge < -0.3 is 4.98 Å². The lowest BCUT2D eigenvalue weighted by atomic mass is 10.1. The molecule has 0 aliphatic heterocycles. The number of imidazole rings is 1. The lowest BCUT2D eigenvalue weighted by molar-refractivity contribution is -0.140. The van der Waals surface area contributed by atoms with Crippen LogP contribution in [0.3, 0.4) is 0 Å². The molecule has 1 N–H and O–H groups in total. The Morgan fingerprint density at radius 2 is 1.83 bits per heavy atom. The first kappa shape index (κ1) is 25.5. The number of tetrazole rings is 1. The van der Waals surface area contributed by atoms with Gasteiger partial charge in [0, 0.05) is 19.5 Å². The molecule has 4 rings (SSSR count). The molecule has 1 aromatic carbocycles. The van der Waals surface area contributed by atoms with E-state index in [2.05, 4.69) is 25.4 Å². The van der Waals surface area contributed by atoms with Crippen molar-refractivity contribution in [2.45, 2.75) is 58.4 Å². The molecule has 0 aliphatic carbocycles. The molecule has 0 fully saturated rings. The van der Waals surface area contributed by atoms with Crippen LogP contribution in [0.25, 0.3) is 11.2 Å². The normalized spacial score (nSPS) is 12.1. The number of benzene rings is 1. The maximum atomic E-state index is 13.8. The molecule has 0 amide bonds. The van der Waals surface area contributed by atoms with Gasteiger partial charge >= 0.3 is 11.9 Å². The summed E-state index contributed by atoms with van der Waals surface area (Å²) >= 11 is 5.92. The lowest BCUT2D eigenvalue weighted by Gasteiger charge is -2.10. The average molecular weight is 529 g/mol. The smallest absolute Gasteiger partial charge is 0.323 e. The minimum atomic E-state index is -4.78. The fraction of sp³-hybridized carbons (Fsp3) is 0.429. The van der Waals surface area contributed by atoms with Gasteiger partial charge in [0.2, 0.25) is 5.28 Å². The number of H-pyrrole nitrogens is 1. The van der Waals surface area contributed by atoms with Crippen LogP contribution >= 0.6 is 11.6 Å². The monoisotopic (exact) mass is 528 g/mol. The Balaban J connectivity index is 1.45. The Bertz CT molecular complexity index is 1500. The molecule has 0 unspecified atom stereocenters. The zero-order valence-electron chi connectivity index (χ0n) is 19.0. The topological polar surface area (TPSA) is 116 Å². The van der Waals surface area contributed by atoms with Gasteiger partial charge in [0.15, 0.2) is 17.0 Å². The number of hydrogen-bond acceptors (Lipinski definition) is 6. The second kappa shape index (κ2) is 10.2. The van der Waals surface area contributed by atoms with Gasteiger partial charge in [-0.05, 0) is 47.4 Å². The largest absolute Gasteiger partial charge is 0.419 e. The average Bonchev–Trinajstić information content (AvgIpc) is 3.41. The van der Waals surface area contributed by atoms with Gasteiger partial charge in [0.1, 0.15) is 5.82 Å². The zero-order chi connectivity index (χ0) is 26.0. The molecule has 0 spiro atoms. The number of hydrogen-bond donors (Lipinski definition) is 1. The minimum Gasteiger partial charge on any atom is -0.323 e. The molecular formula is C21H21ClF4N8O2. The summed E-state index contributed by atoms with van der Waals surface area (Å²) in [6.07, 6.45) is -2.94. The molecular weight excluding hydrogens is 508 g/mol. The third kappa shape index (κ3) is 5.32. The summed E-state index contributed by atoms with van der Waals surface area (Å²) in [5, 5.41) is 11.9. The molecule has 0 saturated heterocycles. The van der Waals surface area contributed by atoms with Crippen LogP contribution in [-0.4, -0.2) is 39.3 Å². The number of halogens is 5. The fourth-order valence-electron chi connectivity index (χ4n) is 3.75. The molecule has 36 heavy (non-hydrogen) atoms. The van der Waals surface area contributed by atoms with E-state index in [1.165, 1.54) is 9.36 Å². The first-order chi connectivity index (χ1) is 17.1. The number of aromatic amines is 1. The van der Waals surface area contributed by atoms with Crippen molar-refractivity contribution in [2.24, 2.45) is 0 Å². The number of alkyl halides is 3. The van der Waals surface area contributed by atoms with Gasteiger partial charge in [-0.2, -0.15) is 23.0 Å². The SMILES string of the molecule is CCCCn1c(=O)n(CCCn2nnc(Cc3ccc(C(F)(F)F)c(F)c3)n2)c(=O)c2[nH]c(Cl)nc21. The van der Waals surface area contributed by atoms with Crippen molar-refractivity contribution in [1.82, 2.24) is 39.3 Å². The van der Waals surface area contributed by atoms with E-state index in [1.54, 1.807) is 0 Å². The highest BCUT2D eigenvalue weighted by atomic mass is 35.5. The van der Waals surface area contributed by atoms with Gasteiger partial charge in [0.05, 0.1) is 12.1 Å². The molecule has 15 heteroatoms. The van der Waals surface area contributed by atoms with Crippen LogP contribution in [-0.2, 0) is 32.2 Å². The van der Waals surface area contributed by atoms with Crippen molar-refractivity contribution in [3.63, 3.8) is 0 Å². The van der Waals surface area contributed by atoms with Crippen LogP contribution in [0.5, 0.6) is 0 Å². The number of aryl methyl sites for hydroxylation is 2. The van der Waals surface area contributed by atoms with Crippen LogP contribution < -0.4 is 11.2 Å². The van der Waals surface area contributed by atoms with Gasteiger partial charge in [-0.15, -0.1) is 10.2 Å². The summed E-state index contributed by atoms with van der Waals surface area (Å²) in [6.45, 7) is 2.63. The van der Waals surface area contributed by atoms with Crippen LogP contribution in [0, 0.1) is 5.82 Å². The van der Waals surface area contributed by atoms with E-state index < -0.39 is 28.8 Å². The van der Waals surface area contributed by atoms with Crippen LogP contribution in [0.2, 0.25) is 5.28 Å². The predicted octanol–water partition coefficient (Wildman–Crippen LogP) is 3.17. The number of unbranched alkanes of at least 4 members (excludes halogenated alkanes) is 1. The number of nitrogens with one attached hydrogen (secondary N) is 1. The van der Waals surface area contributed by atoms with Gasteiger partial charge in [-0.1, -0.05) is 19.4 Å². The third-order valence-electron chi connectivity index (χ3n) is 5.50. The van der Waals surface area contributed by atoms with E-state index in [-0.39, 0.29) is 47.3 Å². The van der Waals surface area contributed by atoms with Crippen molar-refractivity contribution in [1.29, 1.82) is 0 Å². The van der Waals surface area contributed by atoms with Gasteiger partial charge in [-0.25, -0.2) is 9.18 Å². The molecule has 0 radical (unpaired) electrons. The fourth-order valence-corrected chi connectivity index (χ4v) is 3.92. The standard InChI is InChI=1S/C21H21ClF4N8O2/c1-2-3-7-32-17-16(27-19(22)28-17)18(35)33(20(32)36)8-4-9-34-30-15(29-31-34)11-12-5-6-13(14(23)10-12)21(24,25)26/h5-6,10H,2-4,7-9,11H2,1H3,(H,27,28). The molecule has 0 atom stereocenters. The molecule has 0 bridgehead atoms. The van der Waals surface area contributed by atoms with Crippen molar-refractivity contribution in [3.8, 4) is 0 Å². The maximum absolute atomic E-state index is 13.8. The van der Waals surface area contributed by atoms with Gasteiger partial charge in [0.25, 0.3) is 5.56 Å². The summed E-state index contributed by atoms with van der Waals surface area (Å²) in [7, 11) is 0. The Hall–Kier alpha value is -3.55. The third-order valence-corrected chi connectivity index (χ3v) is 5.68. The number of aromatic nitrogens is 8. The summed E-state index contributed by atoms with van der Waals surface area (Å²) in [6, 6.07) is 2.61. The summed E-state index contributed by atoms with van der Waals surface area (Å²) in [4.78, 5) is 33.8. The highest BCUT2D eigenvalue weighted by Crippen LogP contribution is 2.31. The molecule has 3 aromatic heterocycles. The van der Waals surface area contributed by atoms with E-state index >= 15 is 0 Å².